The van der Waals surface area contributed by atoms with E-state index in [1.165, 1.54) is 11.0 Å². The highest BCUT2D eigenvalue weighted by Gasteiger charge is 2.58. The third kappa shape index (κ3) is 6.81. The van der Waals surface area contributed by atoms with Gasteiger partial charge in [0.05, 0.1) is 12.2 Å². The van der Waals surface area contributed by atoms with Gasteiger partial charge in [0.2, 0.25) is 0 Å². The Kier molecular flexibility index (Phi) is 8.50. The average molecular weight is 503 g/mol. The van der Waals surface area contributed by atoms with E-state index in [1.807, 2.05) is 0 Å². The standard InChI is InChI=1S/C23H29F8NO2/c24-21(25,23(29,30)31)16-6-3-5-15(11-16)13-32(14-20(33)22(26,27)28)17-7-4-10-19(12-17)34-18-8-1-2-9-18/h3,5-6,11,17-20,33H,1-2,4,7-10,12-14H2. The molecule has 1 aromatic rings. The molecule has 194 valence electrons. The summed E-state index contributed by atoms with van der Waals surface area (Å²) in [5.41, 5.74) is -1.27. The van der Waals surface area contributed by atoms with Crippen molar-refractivity contribution in [2.45, 2.75) is 101 Å². The maximum atomic E-state index is 13.8. The summed E-state index contributed by atoms with van der Waals surface area (Å²) in [6.45, 7) is -1.13. The molecule has 0 aromatic heterocycles. The van der Waals surface area contributed by atoms with Crippen molar-refractivity contribution in [3.63, 3.8) is 0 Å². The molecule has 0 heterocycles. The number of rotatable bonds is 8. The molecule has 1 aromatic carbocycles. The van der Waals surface area contributed by atoms with Gasteiger partial charge < -0.3 is 9.84 Å². The van der Waals surface area contributed by atoms with Crippen molar-refractivity contribution < 1.29 is 45.0 Å². The van der Waals surface area contributed by atoms with Crippen molar-refractivity contribution in [3.8, 4) is 0 Å². The van der Waals surface area contributed by atoms with Gasteiger partial charge in [-0.05, 0) is 50.2 Å². The third-order valence-electron chi connectivity index (χ3n) is 6.62. The zero-order chi connectivity index (χ0) is 25.1. The summed E-state index contributed by atoms with van der Waals surface area (Å²) in [5, 5.41) is 9.68. The van der Waals surface area contributed by atoms with E-state index in [9.17, 15) is 40.2 Å². The van der Waals surface area contributed by atoms with Gasteiger partial charge in [0, 0.05) is 24.7 Å². The summed E-state index contributed by atoms with van der Waals surface area (Å²) in [5.74, 6) is -5.09. The molecule has 11 heteroatoms. The van der Waals surface area contributed by atoms with Crippen LogP contribution in [0.15, 0.2) is 24.3 Å². The van der Waals surface area contributed by atoms with Gasteiger partial charge in [-0.15, -0.1) is 0 Å². The first-order valence-electron chi connectivity index (χ1n) is 11.5. The van der Waals surface area contributed by atoms with E-state index in [2.05, 4.69) is 0 Å². The highest BCUT2D eigenvalue weighted by atomic mass is 19.4. The van der Waals surface area contributed by atoms with Gasteiger partial charge in [0.15, 0.2) is 6.10 Å². The Labute approximate surface area is 193 Å². The van der Waals surface area contributed by atoms with Crippen LogP contribution in [0.2, 0.25) is 0 Å². The van der Waals surface area contributed by atoms with Crippen LogP contribution in [0.1, 0.15) is 62.5 Å². The molecular formula is C23H29F8NO2. The average Bonchev–Trinajstić information content (AvgIpc) is 3.25. The molecular weight excluding hydrogens is 474 g/mol. The third-order valence-corrected chi connectivity index (χ3v) is 6.62. The number of hydrogen-bond donors (Lipinski definition) is 1. The summed E-state index contributed by atoms with van der Waals surface area (Å²) in [6.07, 6.45) is -7.13. The molecule has 0 amide bonds. The Morgan fingerprint density at radius 3 is 2.18 bits per heavy atom. The number of alkyl halides is 8. The van der Waals surface area contributed by atoms with E-state index in [1.54, 1.807) is 0 Å². The predicted octanol–water partition coefficient (Wildman–Crippen LogP) is 6.34. The fourth-order valence-corrected chi connectivity index (χ4v) is 4.80. The topological polar surface area (TPSA) is 32.7 Å². The first kappa shape index (κ1) is 27.1. The Morgan fingerprint density at radius 1 is 0.912 bits per heavy atom. The highest BCUT2D eigenvalue weighted by Crippen LogP contribution is 2.44. The second-order valence-corrected chi connectivity index (χ2v) is 9.24. The second-order valence-electron chi connectivity index (χ2n) is 9.24. The molecule has 34 heavy (non-hydrogen) atoms. The minimum Gasteiger partial charge on any atom is -0.382 e. The molecule has 0 radical (unpaired) electrons. The number of hydrogen-bond acceptors (Lipinski definition) is 3. The Bertz CT molecular complexity index is 792. The summed E-state index contributed by atoms with van der Waals surface area (Å²) < 4.78 is 111. The summed E-state index contributed by atoms with van der Waals surface area (Å²) >= 11 is 0. The molecule has 0 spiro atoms. The van der Waals surface area contributed by atoms with Crippen LogP contribution < -0.4 is 0 Å². The largest absolute Gasteiger partial charge is 0.458 e. The quantitative estimate of drug-likeness (QED) is 0.421. The predicted molar refractivity (Wildman–Crippen MR) is 108 cm³/mol. The van der Waals surface area contributed by atoms with Crippen molar-refractivity contribution >= 4 is 0 Å². The lowest BCUT2D eigenvalue weighted by Gasteiger charge is -2.39. The maximum absolute atomic E-state index is 13.8. The van der Waals surface area contributed by atoms with E-state index < -0.39 is 42.5 Å². The number of benzene rings is 1. The van der Waals surface area contributed by atoms with Crippen LogP contribution in [0.3, 0.4) is 0 Å². The van der Waals surface area contributed by atoms with Gasteiger partial charge in [0.25, 0.3) is 0 Å². The lowest BCUT2D eigenvalue weighted by atomic mass is 9.90. The molecule has 3 atom stereocenters. The number of nitrogens with zero attached hydrogens (tertiary/aromatic N) is 1. The molecule has 0 bridgehead atoms. The van der Waals surface area contributed by atoms with E-state index in [4.69, 9.17) is 4.74 Å². The van der Waals surface area contributed by atoms with Gasteiger partial charge in [-0.3, -0.25) is 4.90 Å². The van der Waals surface area contributed by atoms with Gasteiger partial charge in [0.1, 0.15) is 0 Å². The Morgan fingerprint density at radius 2 is 1.56 bits per heavy atom. The molecule has 2 fully saturated rings. The molecule has 3 unspecified atom stereocenters. The minimum atomic E-state index is -5.80. The molecule has 2 aliphatic carbocycles. The van der Waals surface area contributed by atoms with Gasteiger partial charge >= 0.3 is 18.3 Å². The van der Waals surface area contributed by atoms with E-state index in [0.717, 1.165) is 38.2 Å². The summed E-state index contributed by atoms with van der Waals surface area (Å²) in [4.78, 5) is 1.33. The molecule has 2 saturated carbocycles. The van der Waals surface area contributed by atoms with Crippen molar-refractivity contribution in [3.05, 3.63) is 35.4 Å². The van der Waals surface area contributed by atoms with Gasteiger partial charge in [-0.25, -0.2) is 0 Å². The maximum Gasteiger partial charge on any atom is 0.458 e. The molecule has 2 aliphatic rings. The normalized spacial score (nSPS) is 24.1. The smallest absolute Gasteiger partial charge is 0.382 e. The lowest BCUT2D eigenvalue weighted by Crippen LogP contribution is -2.47. The second kappa shape index (κ2) is 10.7. The monoisotopic (exact) mass is 503 g/mol. The van der Waals surface area contributed by atoms with Crippen molar-refractivity contribution in [2.75, 3.05) is 6.54 Å². The summed E-state index contributed by atoms with van der Waals surface area (Å²) in [6, 6.07) is 3.17. The SMILES string of the molecule is OC(CN(Cc1cccc(C(F)(F)C(F)(F)F)c1)C1CCCC(OC2CCCC2)C1)C(F)(F)F. The number of aliphatic hydroxyl groups excluding tert-OH is 1. The van der Waals surface area contributed by atoms with E-state index >= 15 is 0 Å². The van der Waals surface area contributed by atoms with Crippen LogP contribution in [-0.4, -0.2) is 53.3 Å². The Balaban J connectivity index is 1.79. The van der Waals surface area contributed by atoms with Crippen molar-refractivity contribution in [2.24, 2.45) is 0 Å². The lowest BCUT2D eigenvalue weighted by molar-refractivity contribution is -0.289. The molecule has 0 aliphatic heterocycles. The van der Waals surface area contributed by atoms with Crippen LogP contribution in [0.25, 0.3) is 0 Å². The number of halogens is 8. The van der Waals surface area contributed by atoms with E-state index in [-0.39, 0.29) is 24.3 Å². The van der Waals surface area contributed by atoms with Crippen LogP contribution in [0.5, 0.6) is 0 Å². The number of ether oxygens (including phenoxy) is 1. The molecule has 3 rings (SSSR count). The molecule has 3 nitrogen and oxygen atoms in total. The first-order valence-corrected chi connectivity index (χ1v) is 11.5. The van der Waals surface area contributed by atoms with E-state index in [0.29, 0.717) is 31.4 Å². The van der Waals surface area contributed by atoms with Crippen molar-refractivity contribution in [1.29, 1.82) is 0 Å². The van der Waals surface area contributed by atoms with Gasteiger partial charge in [-0.2, -0.15) is 35.1 Å². The van der Waals surface area contributed by atoms with Crippen molar-refractivity contribution in [1.82, 2.24) is 4.90 Å². The Hall–Kier alpha value is -1.46. The van der Waals surface area contributed by atoms with Crippen LogP contribution >= 0.6 is 0 Å². The molecule has 0 saturated heterocycles. The number of aliphatic hydroxyl groups is 1. The fraction of sp³-hybridized carbons (Fsp3) is 0.739. The highest BCUT2D eigenvalue weighted by molar-refractivity contribution is 5.28. The zero-order valence-corrected chi connectivity index (χ0v) is 18.5. The fourth-order valence-electron chi connectivity index (χ4n) is 4.80. The van der Waals surface area contributed by atoms with Gasteiger partial charge in [-0.1, -0.05) is 31.0 Å². The first-order chi connectivity index (χ1) is 15.8. The molecule has 1 N–H and O–H groups in total. The minimum absolute atomic E-state index is 0.00892. The zero-order valence-electron chi connectivity index (χ0n) is 18.5. The van der Waals surface area contributed by atoms with Crippen LogP contribution in [-0.2, 0) is 17.2 Å². The van der Waals surface area contributed by atoms with Crippen LogP contribution in [0, 0.1) is 0 Å². The van der Waals surface area contributed by atoms with Crippen LogP contribution in [0.4, 0.5) is 35.1 Å². The summed E-state index contributed by atoms with van der Waals surface area (Å²) in [7, 11) is 0.